The molecule has 0 aromatic heterocycles. The van der Waals surface area contributed by atoms with Gasteiger partial charge in [0.05, 0.1) is 0 Å². The summed E-state index contributed by atoms with van der Waals surface area (Å²) < 4.78 is 28.0. The molecular formula is C11H24ClN3O2S. The highest BCUT2D eigenvalue weighted by Crippen LogP contribution is 2.14. The Bertz CT molecular complexity index is 325. The smallest absolute Gasteiger partial charge is 0.279 e. The van der Waals surface area contributed by atoms with E-state index in [1.165, 1.54) is 12.8 Å². The Labute approximate surface area is 116 Å². The minimum atomic E-state index is -3.20. The van der Waals surface area contributed by atoms with Crippen LogP contribution >= 0.6 is 12.4 Å². The summed E-state index contributed by atoms with van der Waals surface area (Å²) in [6.45, 7) is 4.08. The topological polar surface area (TPSA) is 61.4 Å². The van der Waals surface area contributed by atoms with E-state index in [0.717, 1.165) is 32.4 Å². The highest BCUT2D eigenvalue weighted by Gasteiger charge is 2.24. The molecule has 0 bridgehead atoms. The van der Waals surface area contributed by atoms with Crippen LogP contribution in [0.1, 0.15) is 32.1 Å². The summed E-state index contributed by atoms with van der Waals surface area (Å²) in [5, 5.41) is 3.35. The number of nitrogens with one attached hydrogen (secondary N) is 2. The van der Waals surface area contributed by atoms with Crippen LogP contribution in [0.25, 0.3) is 0 Å². The molecule has 108 valence electrons. The molecule has 1 atom stereocenters. The molecule has 2 aliphatic rings. The number of hydrogen-bond acceptors (Lipinski definition) is 3. The van der Waals surface area contributed by atoms with E-state index < -0.39 is 10.2 Å². The Morgan fingerprint density at radius 2 is 1.94 bits per heavy atom. The van der Waals surface area contributed by atoms with Gasteiger partial charge in [-0.1, -0.05) is 0 Å². The lowest BCUT2D eigenvalue weighted by Crippen LogP contribution is -2.40. The van der Waals surface area contributed by atoms with E-state index >= 15 is 0 Å². The van der Waals surface area contributed by atoms with Crippen LogP contribution in [0.3, 0.4) is 0 Å². The lowest BCUT2D eigenvalue weighted by atomic mass is 9.96. The Balaban J connectivity index is 0.00000162. The zero-order valence-electron chi connectivity index (χ0n) is 10.7. The summed E-state index contributed by atoms with van der Waals surface area (Å²) in [4.78, 5) is 0. The van der Waals surface area contributed by atoms with Crippen molar-refractivity contribution >= 4 is 22.6 Å². The maximum atomic E-state index is 11.9. The van der Waals surface area contributed by atoms with Crippen molar-refractivity contribution in [3.63, 3.8) is 0 Å². The normalized spacial score (nSPS) is 25.9. The van der Waals surface area contributed by atoms with Crippen LogP contribution in [-0.2, 0) is 10.2 Å². The zero-order chi connectivity index (χ0) is 12.1. The number of hydrogen-bond donors (Lipinski definition) is 2. The Morgan fingerprint density at radius 3 is 2.56 bits per heavy atom. The van der Waals surface area contributed by atoms with Crippen molar-refractivity contribution in [1.82, 2.24) is 14.3 Å². The Hall–Kier alpha value is 0.120. The van der Waals surface area contributed by atoms with Crippen LogP contribution in [0.15, 0.2) is 0 Å². The molecule has 0 radical (unpaired) electrons. The Kier molecular flexibility index (Phi) is 6.87. The molecule has 0 aromatic carbocycles. The van der Waals surface area contributed by atoms with Crippen LogP contribution in [0.4, 0.5) is 0 Å². The number of nitrogens with zero attached hydrogens (tertiary/aromatic N) is 1. The minimum Gasteiger partial charge on any atom is -0.316 e. The van der Waals surface area contributed by atoms with Crippen LogP contribution in [-0.4, -0.2) is 45.4 Å². The molecule has 2 rings (SSSR count). The van der Waals surface area contributed by atoms with Gasteiger partial charge in [-0.25, -0.2) is 4.72 Å². The third-order valence-electron chi connectivity index (χ3n) is 3.64. The fourth-order valence-electron chi connectivity index (χ4n) is 2.58. The molecule has 18 heavy (non-hydrogen) atoms. The van der Waals surface area contributed by atoms with Gasteiger partial charge in [0.1, 0.15) is 0 Å². The highest BCUT2D eigenvalue weighted by molar-refractivity contribution is 7.87. The van der Waals surface area contributed by atoms with Gasteiger partial charge in [0.15, 0.2) is 0 Å². The number of piperidine rings is 1. The fraction of sp³-hybridized carbons (Fsp3) is 1.00. The summed E-state index contributed by atoms with van der Waals surface area (Å²) in [6, 6.07) is 0. The van der Waals surface area contributed by atoms with E-state index in [1.807, 2.05) is 0 Å². The fourth-order valence-corrected chi connectivity index (χ4v) is 3.88. The van der Waals surface area contributed by atoms with Crippen molar-refractivity contribution in [1.29, 1.82) is 0 Å². The quantitative estimate of drug-likeness (QED) is 0.786. The largest absolute Gasteiger partial charge is 0.316 e. The average Bonchev–Trinajstić information content (AvgIpc) is 2.84. The van der Waals surface area contributed by atoms with Crippen molar-refractivity contribution in [3.8, 4) is 0 Å². The maximum absolute atomic E-state index is 11.9. The molecule has 1 unspecified atom stereocenters. The SMILES string of the molecule is Cl.O=S(=O)(NCCC1CCCNC1)N1CCCC1. The van der Waals surface area contributed by atoms with Gasteiger partial charge in [0, 0.05) is 19.6 Å². The molecule has 2 heterocycles. The van der Waals surface area contributed by atoms with Crippen molar-refractivity contribution in [3.05, 3.63) is 0 Å². The monoisotopic (exact) mass is 297 g/mol. The first-order valence-electron chi connectivity index (χ1n) is 6.64. The summed E-state index contributed by atoms with van der Waals surface area (Å²) in [7, 11) is -3.20. The van der Waals surface area contributed by atoms with Gasteiger partial charge in [-0.15, -0.1) is 12.4 Å². The molecule has 0 aromatic rings. The summed E-state index contributed by atoms with van der Waals surface area (Å²) >= 11 is 0. The van der Waals surface area contributed by atoms with Gasteiger partial charge < -0.3 is 5.32 Å². The molecule has 5 nitrogen and oxygen atoms in total. The molecule has 0 amide bonds. The molecule has 2 saturated heterocycles. The van der Waals surface area contributed by atoms with Crippen molar-refractivity contribution < 1.29 is 8.42 Å². The van der Waals surface area contributed by atoms with E-state index in [9.17, 15) is 8.42 Å². The summed E-state index contributed by atoms with van der Waals surface area (Å²) in [6.07, 6.45) is 5.36. The second-order valence-corrected chi connectivity index (χ2v) is 6.76. The summed E-state index contributed by atoms with van der Waals surface area (Å²) in [5.41, 5.74) is 0. The van der Waals surface area contributed by atoms with Gasteiger partial charge in [-0.2, -0.15) is 12.7 Å². The van der Waals surface area contributed by atoms with E-state index in [1.54, 1.807) is 4.31 Å². The standard InChI is InChI=1S/C11H23N3O2S.ClH/c15-17(16,14-8-1-2-9-14)13-7-5-11-4-3-6-12-10-11;/h11-13H,1-10H2;1H. The third kappa shape index (κ3) is 4.66. The molecule has 0 saturated carbocycles. The van der Waals surface area contributed by atoms with Gasteiger partial charge >= 0.3 is 0 Å². The number of halogens is 1. The van der Waals surface area contributed by atoms with E-state index in [-0.39, 0.29) is 12.4 Å². The van der Waals surface area contributed by atoms with Gasteiger partial charge in [0.2, 0.25) is 0 Å². The van der Waals surface area contributed by atoms with Crippen molar-refractivity contribution in [2.75, 3.05) is 32.7 Å². The molecule has 2 N–H and O–H groups in total. The Morgan fingerprint density at radius 1 is 1.22 bits per heavy atom. The van der Waals surface area contributed by atoms with Crippen LogP contribution in [0.5, 0.6) is 0 Å². The zero-order valence-corrected chi connectivity index (χ0v) is 12.4. The van der Waals surface area contributed by atoms with E-state index in [4.69, 9.17) is 0 Å². The molecule has 7 heteroatoms. The lowest BCUT2D eigenvalue weighted by molar-refractivity contribution is 0.356. The van der Waals surface area contributed by atoms with Gasteiger partial charge in [-0.3, -0.25) is 0 Å². The van der Waals surface area contributed by atoms with Crippen LogP contribution < -0.4 is 10.0 Å². The molecule has 0 spiro atoms. The molecule has 2 aliphatic heterocycles. The summed E-state index contributed by atoms with van der Waals surface area (Å²) in [5.74, 6) is 0.630. The first-order chi connectivity index (χ1) is 8.18. The van der Waals surface area contributed by atoms with Crippen LogP contribution in [0.2, 0.25) is 0 Å². The van der Waals surface area contributed by atoms with Crippen LogP contribution in [0, 0.1) is 5.92 Å². The first-order valence-corrected chi connectivity index (χ1v) is 8.08. The predicted octanol–water partition coefficient (Wildman–Crippen LogP) is 0.728. The van der Waals surface area contributed by atoms with Crippen molar-refractivity contribution in [2.24, 2.45) is 5.92 Å². The molecule has 0 aliphatic carbocycles. The number of rotatable bonds is 5. The molecule has 2 fully saturated rings. The van der Waals surface area contributed by atoms with Gasteiger partial charge in [-0.05, 0) is 51.1 Å². The average molecular weight is 298 g/mol. The minimum absolute atomic E-state index is 0. The van der Waals surface area contributed by atoms with E-state index in [2.05, 4.69) is 10.0 Å². The highest BCUT2D eigenvalue weighted by atomic mass is 35.5. The second kappa shape index (κ2) is 7.65. The molecular weight excluding hydrogens is 274 g/mol. The second-order valence-electron chi connectivity index (χ2n) is 5.01. The van der Waals surface area contributed by atoms with Gasteiger partial charge in [0.25, 0.3) is 10.2 Å². The predicted molar refractivity (Wildman–Crippen MR) is 75.2 cm³/mol. The maximum Gasteiger partial charge on any atom is 0.279 e. The third-order valence-corrected chi connectivity index (χ3v) is 5.25. The lowest BCUT2D eigenvalue weighted by Gasteiger charge is -2.23. The van der Waals surface area contributed by atoms with Crippen molar-refractivity contribution in [2.45, 2.75) is 32.1 Å². The first kappa shape index (κ1) is 16.2. The van der Waals surface area contributed by atoms with E-state index in [0.29, 0.717) is 25.6 Å².